The van der Waals surface area contributed by atoms with E-state index in [-0.39, 0.29) is 0 Å². The van der Waals surface area contributed by atoms with E-state index in [1.807, 2.05) is 38.1 Å². The van der Waals surface area contributed by atoms with Gasteiger partial charge in [-0.3, -0.25) is 0 Å². The molecule has 2 aromatic carbocycles. The molecule has 0 spiro atoms. The van der Waals surface area contributed by atoms with Crippen LogP contribution in [-0.4, -0.2) is 103 Å². The van der Waals surface area contributed by atoms with Crippen molar-refractivity contribution in [1.29, 1.82) is 0 Å². The Morgan fingerprint density at radius 1 is 0.556 bits per heavy atom. The summed E-state index contributed by atoms with van der Waals surface area (Å²) in [6.07, 6.45) is -12.3. The van der Waals surface area contributed by atoms with E-state index in [2.05, 4.69) is 0 Å². The summed E-state index contributed by atoms with van der Waals surface area (Å²) in [6, 6.07) is 11.0. The molecule has 0 unspecified atom stereocenters. The molecule has 0 aliphatic carbocycles. The Balaban J connectivity index is 1.59. The molecule has 4 rings (SSSR count). The highest BCUT2D eigenvalue weighted by Crippen LogP contribution is 2.38. The third-order valence-corrected chi connectivity index (χ3v) is 7.27. The number of benzene rings is 2. The van der Waals surface area contributed by atoms with Gasteiger partial charge in [-0.2, -0.15) is 0 Å². The molecule has 0 radical (unpaired) electrons. The molecule has 2 aliphatic heterocycles. The van der Waals surface area contributed by atoms with Gasteiger partial charge in [0.2, 0.25) is 0 Å². The first kappa shape index (κ1) is 27.1. The summed E-state index contributed by atoms with van der Waals surface area (Å²) in [5.41, 5.74) is 4.48. The Bertz CT molecular complexity index is 974. The lowest BCUT2D eigenvalue weighted by Crippen LogP contribution is -2.55. The maximum Gasteiger partial charge on any atom is 0.113 e. The van der Waals surface area contributed by atoms with Crippen molar-refractivity contribution in [1.82, 2.24) is 0 Å². The molecule has 2 aromatic rings. The van der Waals surface area contributed by atoms with Crippen LogP contribution in [0, 0.1) is 13.8 Å². The van der Waals surface area contributed by atoms with Crippen LogP contribution in [0.15, 0.2) is 36.4 Å². The van der Waals surface area contributed by atoms with Crippen LogP contribution in [0.2, 0.25) is 0 Å². The Labute approximate surface area is 208 Å². The predicted octanol–water partition coefficient (Wildman–Crippen LogP) is -1.000. The summed E-state index contributed by atoms with van der Waals surface area (Å²) in [5.74, 6) is 0. The Hall–Kier alpha value is -1.96. The van der Waals surface area contributed by atoms with Gasteiger partial charge < -0.3 is 50.3 Å². The van der Waals surface area contributed by atoms with Crippen molar-refractivity contribution in [3.8, 4) is 11.1 Å². The van der Waals surface area contributed by atoms with Gasteiger partial charge in [-0.05, 0) is 47.2 Å². The fourth-order valence-electron chi connectivity index (χ4n) is 5.07. The first-order valence-electron chi connectivity index (χ1n) is 11.9. The van der Waals surface area contributed by atoms with Crippen LogP contribution in [0.3, 0.4) is 0 Å². The second-order valence-electron chi connectivity index (χ2n) is 9.64. The van der Waals surface area contributed by atoms with Crippen LogP contribution in [0.4, 0.5) is 0 Å². The van der Waals surface area contributed by atoms with Crippen LogP contribution in [0.25, 0.3) is 11.1 Å². The lowest BCUT2D eigenvalue weighted by Gasteiger charge is -2.40. The van der Waals surface area contributed by atoms with Gasteiger partial charge >= 0.3 is 0 Å². The van der Waals surface area contributed by atoms with Crippen molar-refractivity contribution in [2.45, 2.75) is 74.9 Å². The van der Waals surface area contributed by atoms with E-state index in [9.17, 15) is 40.9 Å². The van der Waals surface area contributed by atoms with E-state index >= 15 is 0 Å². The number of aliphatic hydroxyl groups is 8. The Kier molecular flexibility index (Phi) is 8.13. The molecule has 0 bridgehead atoms. The summed E-state index contributed by atoms with van der Waals surface area (Å²) in [4.78, 5) is 0. The van der Waals surface area contributed by atoms with Crippen LogP contribution in [-0.2, 0) is 9.47 Å². The predicted molar refractivity (Wildman–Crippen MR) is 127 cm³/mol. The Morgan fingerprint density at radius 2 is 0.917 bits per heavy atom. The normalized spacial score (nSPS) is 37.2. The monoisotopic (exact) mass is 506 g/mol. The second kappa shape index (κ2) is 10.8. The highest BCUT2D eigenvalue weighted by atomic mass is 16.6. The van der Waals surface area contributed by atoms with Gasteiger partial charge in [0.05, 0.1) is 13.2 Å². The third kappa shape index (κ3) is 4.82. The molecule has 0 aromatic heterocycles. The number of ether oxygens (including phenoxy) is 2. The van der Waals surface area contributed by atoms with Crippen LogP contribution in [0.5, 0.6) is 0 Å². The number of rotatable bonds is 5. The fraction of sp³-hybridized carbons (Fsp3) is 0.538. The maximum atomic E-state index is 10.5. The number of hydrogen-bond donors (Lipinski definition) is 8. The van der Waals surface area contributed by atoms with Gasteiger partial charge in [-0.1, -0.05) is 36.4 Å². The number of aryl methyl sites for hydroxylation is 2. The molecule has 0 amide bonds. The quantitative estimate of drug-likeness (QED) is 0.251. The molecule has 36 heavy (non-hydrogen) atoms. The first-order chi connectivity index (χ1) is 17.1. The molecule has 0 saturated carbocycles. The van der Waals surface area contributed by atoms with E-state index in [0.717, 1.165) is 22.3 Å². The average molecular weight is 507 g/mol. The van der Waals surface area contributed by atoms with E-state index in [0.29, 0.717) is 11.1 Å². The molecule has 2 saturated heterocycles. The van der Waals surface area contributed by atoms with Gasteiger partial charge in [0.15, 0.2) is 0 Å². The zero-order valence-corrected chi connectivity index (χ0v) is 20.0. The molecular weight excluding hydrogens is 472 g/mol. The second-order valence-corrected chi connectivity index (χ2v) is 9.64. The van der Waals surface area contributed by atoms with Crippen molar-refractivity contribution in [2.24, 2.45) is 0 Å². The summed E-state index contributed by atoms with van der Waals surface area (Å²) in [6.45, 7) is 2.65. The summed E-state index contributed by atoms with van der Waals surface area (Å²) < 4.78 is 11.4. The molecule has 2 fully saturated rings. The third-order valence-electron chi connectivity index (χ3n) is 7.27. The molecular formula is C26H34O10. The van der Waals surface area contributed by atoms with Crippen molar-refractivity contribution < 1.29 is 50.3 Å². The molecule has 10 nitrogen and oxygen atoms in total. The van der Waals surface area contributed by atoms with E-state index in [1.165, 1.54) is 0 Å². The highest BCUT2D eigenvalue weighted by Gasteiger charge is 2.45. The minimum absolute atomic E-state index is 0.501. The largest absolute Gasteiger partial charge is 0.394 e. The molecule has 10 heteroatoms. The average Bonchev–Trinajstić information content (AvgIpc) is 2.87. The smallest absolute Gasteiger partial charge is 0.113 e. The fourth-order valence-corrected chi connectivity index (χ4v) is 5.07. The minimum atomic E-state index is -1.46. The molecule has 8 N–H and O–H groups in total. The van der Waals surface area contributed by atoms with Crippen molar-refractivity contribution in [3.63, 3.8) is 0 Å². The zero-order valence-electron chi connectivity index (χ0n) is 20.0. The van der Waals surface area contributed by atoms with Crippen molar-refractivity contribution in [2.75, 3.05) is 13.2 Å². The van der Waals surface area contributed by atoms with Gasteiger partial charge in [-0.25, -0.2) is 0 Å². The van der Waals surface area contributed by atoms with Gasteiger partial charge in [-0.15, -0.1) is 0 Å². The summed E-state index contributed by atoms with van der Waals surface area (Å²) in [5, 5.41) is 80.2. The van der Waals surface area contributed by atoms with Crippen molar-refractivity contribution in [3.05, 3.63) is 58.7 Å². The van der Waals surface area contributed by atoms with Crippen LogP contribution in [0.1, 0.15) is 34.5 Å². The molecule has 2 heterocycles. The van der Waals surface area contributed by atoms with E-state index in [1.54, 1.807) is 12.1 Å². The standard InChI is InChI=1S/C26H34O10/c1-11-7-13(3-5-15(11)25-23(33)21(31)19(29)17(9-27)35-25)14-4-6-16(12(2)8-14)26-24(34)22(32)20(30)18(10-28)36-26/h3-8,17-34H,9-10H2,1-2H3/t17-,18-,19-,20-,21+,22+,23+,24+,25-,26-/m1/s1. The van der Waals surface area contributed by atoms with E-state index in [4.69, 9.17) is 9.47 Å². The summed E-state index contributed by atoms with van der Waals surface area (Å²) >= 11 is 0. The van der Waals surface area contributed by atoms with Gasteiger partial charge in [0.25, 0.3) is 0 Å². The summed E-state index contributed by atoms with van der Waals surface area (Å²) in [7, 11) is 0. The lowest BCUT2D eigenvalue weighted by molar-refractivity contribution is -0.231. The zero-order chi connectivity index (χ0) is 26.3. The van der Waals surface area contributed by atoms with Crippen molar-refractivity contribution >= 4 is 0 Å². The Morgan fingerprint density at radius 3 is 1.22 bits per heavy atom. The molecule has 198 valence electrons. The number of hydrogen-bond acceptors (Lipinski definition) is 10. The SMILES string of the molecule is Cc1cc(-c2ccc([C@H]3O[C@H](CO)[C@@H](O)[C@H](O)[C@@H]3O)c(C)c2)ccc1[C@H]1O[C@H](CO)[C@@H](O)[C@H](O)[C@@H]1O. The van der Waals surface area contributed by atoms with Gasteiger partial charge in [0, 0.05) is 0 Å². The lowest BCUT2D eigenvalue weighted by atomic mass is 9.87. The molecule has 2 aliphatic rings. The minimum Gasteiger partial charge on any atom is -0.394 e. The molecule has 10 atom stereocenters. The van der Waals surface area contributed by atoms with E-state index < -0.39 is 74.3 Å². The van der Waals surface area contributed by atoms with Crippen LogP contribution < -0.4 is 0 Å². The number of aliphatic hydroxyl groups excluding tert-OH is 8. The van der Waals surface area contributed by atoms with Crippen LogP contribution >= 0.6 is 0 Å². The maximum absolute atomic E-state index is 10.5. The highest BCUT2D eigenvalue weighted by molar-refractivity contribution is 5.66. The van der Waals surface area contributed by atoms with Gasteiger partial charge in [0.1, 0.15) is 61.0 Å². The topological polar surface area (TPSA) is 180 Å². The first-order valence-corrected chi connectivity index (χ1v) is 11.9.